The molecule has 1 aliphatic rings. The Hall–Kier alpha value is -0.830. The molecule has 1 aromatic heterocycles. The highest BCUT2D eigenvalue weighted by Gasteiger charge is 2.24. The fourth-order valence-electron chi connectivity index (χ4n) is 2.03. The largest absolute Gasteiger partial charge is 0.354 e. The Bertz CT molecular complexity index is 332. The van der Waals surface area contributed by atoms with Crippen LogP contribution in [0.1, 0.15) is 12.8 Å². The smallest absolute Gasteiger partial charge is 0.165 e. The maximum Gasteiger partial charge on any atom is 0.165 e. The molecule has 1 aliphatic heterocycles. The third-order valence-corrected chi connectivity index (χ3v) is 3.06. The quantitative estimate of drug-likeness (QED) is 0.740. The molecule has 0 amide bonds. The SMILES string of the molecule is Fc1cccnc1N1CCC(CCCl)C1. The summed E-state index contributed by atoms with van der Waals surface area (Å²) in [5.74, 6) is 1.52. The standard InChI is InChI=1S/C11H14ClFN2/c12-5-3-9-4-7-15(8-9)11-10(13)2-1-6-14-11/h1-2,6,9H,3-5,7-8H2. The third kappa shape index (κ3) is 2.40. The Morgan fingerprint density at radius 3 is 3.20 bits per heavy atom. The second-order valence-corrected chi connectivity index (χ2v) is 4.27. The number of pyridine rings is 1. The van der Waals surface area contributed by atoms with E-state index in [1.165, 1.54) is 6.07 Å². The lowest BCUT2D eigenvalue weighted by Gasteiger charge is -2.17. The van der Waals surface area contributed by atoms with E-state index in [1.807, 2.05) is 4.90 Å². The third-order valence-electron chi connectivity index (χ3n) is 2.84. The number of hydrogen-bond acceptors (Lipinski definition) is 2. The highest BCUT2D eigenvalue weighted by molar-refractivity contribution is 6.17. The van der Waals surface area contributed by atoms with Gasteiger partial charge in [0.1, 0.15) is 0 Å². The summed E-state index contributed by atoms with van der Waals surface area (Å²) in [5, 5.41) is 0. The van der Waals surface area contributed by atoms with Crippen molar-refractivity contribution in [1.29, 1.82) is 0 Å². The monoisotopic (exact) mass is 228 g/mol. The lowest BCUT2D eigenvalue weighted by atomic mass is 10.1. The second kappa shape index (κ2) is 4.79. The first-order valence-electron chi connectivity index (χ1n) is 5.22. The molecule has 0 aromatic carbocycles. The minimum absolute atomic E-state index is 0.232. The minimum Gasteiger partial charge on any atom is -0.354 e. The van der Waals surface area contributed by atoms with E-state index < -0.39 is 0 Å². The van der Waals surface area contributed by atoms with E-state index in [0.29, 0.717) is 17.6 Å². The summed E-state index contributed by atoms with van der Waals surface area (Å²) in [5.41, 5.74) is 0. The first kappa shape index (κ1) is 10.7. The van der Waals surface area contributed by atoms with Crippen molar-refractivity contribution in [3.63, 3.8) is 0 Å². The number of halogens is 2. The molecule has 1 unspecified atom stereocenters. The van der Waals surface area contributed by atoms with Crippen molar-refractivity contribution < 1.29 is 4.39 Å². The lowest BCUT2D eigenvalue weighted by Crippen LogP contribution is -2.22. The Morgan fingerprint density at radius 1 is 1.60 bits per heavy atom. The molecule has 2 rings (SSSR count). The molecular weight excluding hydrogens is 215 g/mol. The van der Waals surface area contributed by atoms with Gasteiger partial charge in [0.15, 0.2) is 11.6 Å². The van der Waals surface area contributed by atoms with Crippen molar-refractivity contribution in [3.8, 4) is 0 Å². The topological polar surface area (TPSA) is 16.1 Å². The van der Waals surface area contributed by atoms with Gasteiger partial charge in [0.25, 0.3) is 0 Å². The molecule has 1 aromatic rings. The molecule has 1 fully saturated rings. The lowest BCUT2D eigenvalue weighted by molar-refractivity contribution is 0.569. The Kier molecular flexibility index (Phi) is 3.41. The number of nitrogens with zero attached hydrogens (tertiary/aromatic N) is 2. The summed E-state index contributed by atoms with van der Waals surface area (Å²) in [6, 6.07) is 3.07. The molecule has 1 atom stereocenters. The predicted octanol–water partition coefficient (Wildman–Crippen LogP) is 2.68. The molecule has 15 heavy (non-hydrogen) atoms. The van der Waals surface area contributed by atoms with Crippen LogP contribution in [0.2, 0.25) is 0 Å². The zero-order valence-electron chi connectivity index (χ0n) is 8.50. The molecule has 2 heterocycles. The minimum atomic E-state index is -0.232. The number of aromatic nitrogens is 1. The molecule has 82 valence electrons. The van der Waals surface area contributed by atoms with E-state index in [9.17, 15) is 4.39 Å². The van der Waals surface area contributed by atoms with E-state index >= 15 is 0 Å². The molecule has 0 bridgehead atoms. The summed E-state index contributed by atoms with van der Waals surface area (Å²) in [4.78, 5) is 6.08. The van der Waals surface area contributed by atoms with Crippen molar-refractivity contribution in [2.45, 2.75) is 12.8 Å². The van der Waals surface area contributed by atoms with Gasteiger partial charge in [-0.25, -0.2) is 9.37 Å². The van der Waals surface area contributed by atoms with Crippen LogP contribution in [0.25, 0.3) is 0 Å². The summed E-state index contributed by atoms with van der Waals surface area (Å²) >= 11 is 5.70. The number of hydrogen-bond donors (Lipinski definition) is 0. The fraction of sp³-hybridized carbons (Fsp3) is 0.545. The molecule has 2 nitrogen and oxygen atoms in total. The maximum atomic E-state index is 13.4. The zero-order chi connectivity index (χ0) is 10.7. The van der Waals surface area contributed by atoms with E-state index in [0.717, 1.165) is 25.9 Å². The number of rotatable bonds is 3. The van der Waals surface area contributed by atoms with Crippen LogP contribution in [0.15, 0.2) is 18.3 Å². The molecule has 0 N–H and O–H groups in total. The molecule has 4 heteroatoms. The summed E-state index contributed by atoms with van der Waals surface area (Å²) in [7, 11) is 0. The summed E-state index contributed by atoms with van der Waals surface area (Å²) < 4.78 is 13.4. The van der Waals surface area contributed by atoms with Gasteiger partial charge < -0.3 is 4.90 Å². The molecule has 0 spiro atoms. The fourth-order valence-corrected chi connectivity index (χ4v) is 2.33. The summed E-state index contributed by atoms with van der Waals surface area (Å²) in [6.07, 6.45) is 3.72. The van der Waals surface area contributed by atoms with Crippen molar-refractivity contribution >= 4 is 17.4 Å². The highest BCUT2D eigenvalue weighted by atomic mass is 35.5. The average molecular weight is 229 g/mol. The van der Waals surface area contributed by atoms with E-state index in [-0.39, 0.29) is 5.82 Å². The number of alkyl halides is 1. The van der Waals surface area contributed by atoms with Gasteiger partial charge in [-0.05, 0) is 30.9 Å². The van der Waals surface area contributed by atoms with E-state index in [1.54, 1.807) is 12.3 Å². The van der Waals surface area contributed by atoms with Crippen LogP contribution in [-0.2, 0) is 0 Å². The average Bonchev–Trinajstić information content (AvgIpc) is 2.68. The summed E-state index contributed by atoms with van der Waals surface area (Å²) in [6.45, 7) is 1.76. The first-order valence-corrected chi connectivity index (χ1v) is 5.76. The zero-order valence-corrected chi connectivity index (χ0v) is 9.25. The van der Waals surface area contributed by atoms with Crippen molar-refractivity contribution in [2.24, 2.45) is 5.92 Å². The molecule has 0 saturated carbocycles. The van der Waals surface area contributed by atoms with Crippen LogP contribution in [0.3, 0.4) is 0 Å². The van der Waals surface area contributed by atoms with Crippen LogP contribution >= 0.6 is 11.6 Å². The van der Waals surface area contributed by atoms with Gasteiger partial charge in [0.2, 0.25) is 0 Å². The molecule has 1 saturated heterocycles. The van der Waals surface area contributed by atoms with Crippen molar-refractivity contribution in [1.82, 2.24) is 4.98 Å². The van der Waals surface area contributed by atoms with Gasteiger partial charge in [-0.15, -0.1) is 11.6 Å². The highest BCUT2D eigenvalue weighted by Crippen LogP contribution is 2.25. The van der Waals surface area contributed by atoms with Gasteiger partial charge in [-0.2, -0.15) is 0 Å². The number of anilines is 1. The van der Waals surface area contributed by atoms with Gasteiger partial charge >= 0.3 is 0 Å². The maximum absolute atomic E-state index is 13.4. The predicted molar refractivity (Wildman–Crippen MR) is 59.9 cm³/mol. The van der Waals surface area contributed by atoms with Gasteiger partial charge in [-0.1, -0.05) is 0 Å². The Morgan fingerprint density at radius 2 is 2.47 bits per heavy atom. The van der Waals surface area contributed by atoms with Crippen LogP contribution in [0, 0.1) is 11.7 Å². The molecular formula is C11H14ClFN2. The Labute approximate surface area is 94.1 Å². The van der Waals surface area contributed by atoms with Crippen LogP contribution in [0.4, 0.5) is 10.2 Å². The van der Waals surface area contributed by atoms with Crippen LogP contribution < -0.4 is 4.90 Å². The first-order chi connectivity index (χ1) is 7.31. The van der Waals surface area contributed by atoms with Gasteiger partial charge in [0.05, 0.1) is 0 Å². The van der Waals surface area contributed by atoms with Gasteiger partial charge in [0, 0.05) is 25.2 Å². The molecule has 0 aliphatic carbocycles. The second-order valence-electron chi connectivity index (χ2n) is 3.89. The van der Waals surface area contributed by atoms with Crippen LogP contribution in [-0.4, -0.2) is 24.0 Å². The Balaban J connectivity index is 2.04. The van der Waals surface area contributed by atoms with E-state index in [2.05, 4.69) is 4.98 Å². The van der Waals surface area contributed by atoms with Crippen molar-refractivity contribution in [2.75, 3.05) is 23.9 Å². The van der Waals surface area contributed by atoms with Crippen LogP contribution in [0.5, 0.6) is 0 Å². The van der Waals surface area contributed by atoms with E-state index in [4.69, 9.17) is 11.6 Å². The van der Waals surface area contributed by atoms with Crippen molar-refractivity contribution in [3.05, 3.63) is 24.1 Å². The molecule has 0 radical (unpaired) electrons. The van der Waals surface area contributed by atoms with Gasteiger partial charge in [-0.3, -0.25) is 0 Å². The normalized spacial score (nSPS) is 20.9.